The van der Waals surface area contributed by atoms with Crippen LogP contribution >= 0.6 is 0 Å². The van der Waals surface area contributed by atoms with Crippen molar-refractivity contribution >= 4 is 6.29 Å². The molecule has 1 aromatic rings. The van der Waals surface area contributed by atoms with Gasteiger partial charge in [0, 0.05) is 23.4 Å². The molecule has 2 heteroatoms. The molecule has 0 bridgehead atoms. The lowest BCUT2D eigenvalue weighted by atomic mass is 9.78. The van der Waals surface area contributed by atoms with E-state index in [1.54, 1.807) is 6.20 Å². The number of pyridine rings is 1. The lowest BCUT2D eigenvalue weighted by Gasteiger charge is -2.27. The molecule has 1 aliphatic carbocycles. The zero-order valence-corrected chi connectivity index (χ0v) is 10.6. The Kier molecular flexibility index (Phi) is 4.29. The molecular weight excluding hydrogens is 210 g/mol. The van der Waals surface area contributed by atoms with Crippen LogP contribution in [0, 0.1) is 5.92 Å². The highest BCUT2D eigenvalue weighted by molar-refractivity contribution is 5.73. The van der Waals surface area contributed by atoms with Crippen LogP contribution in [0.25, 0.3) is 0 Å². The third-order valence-electron chi connectivity index (χ3n) is 3.91. The molecule has 0 aromatic carbocycles. The molecule has 0 spiro atoms. The Balaban J connectivity index is 1.93. The molecule has 17 heavy (non-hydrogen) atoms. The van der Waals surface area contributed by atoms with E-state index in [9.17, 15) is 4.79 Å². The Morgan fingerprint density at radius 1 is 1.29 bits per heavy atom. The SMILES string of the molecule is CCC[C@H]1CC[C@H](c2ccc(C=O)cn2)CC1. The zero-order chi connectivity index (χ0) is 12.1. The molecule has 1 aromatic heterocycles. The number of nitrogens with zero attached hydrogens (tertiary/aromatic N) is 1. The summed E-state index contributed by atoms with van der Waals surface area (Å²) in [4.78, 5) is 15.0. The maximum atomic E-state index is 10.6. The smallest absolute Gasteiger partial charge is 0.151 e. The van der Waals surface area contributed by atoms with E-state index in [0.29, 0.717) is 11.5 Å². The summed E-state index contributed by atoms with van der Waals surface area (Å²) in [5, 5.41) is 0. The Morgan fingerprint density at radius 2 is 2.06 bits per heavy atom. The Bertz CT molecular complexity index is 350. The summed E-state index contributed by atoms with van der Waals surface area (Å²) in [6, 6.07) is 3.90. The first-order chi connectivity index (χ1) is 8.33. The van der Waals surface area contributed by atoms with E-state index in [1.165, 1.54) is 44.2 Å². The normalized spacial score (nSPS) is 24.5. The third kappa shape index (κ3) is 3.15. The molecule has 1 heterocycles. The highest BCUT2D eigenvalue weighted by Crippen LogP contribution is 2.36. The molecule has 0 radical (unpaired) electrons. The minimum Gasteiger partial charge on any atom is -0.298 e. The van der Waals surface area contributed by atoms with Crippen LogP contribution in [0.4, 0.5) is 0 Å². The number of hydrogen-bond donors (Lipinski definition) is 0. The second kappa shape index (κ2) is 5.95. The van der Waals surface area contributed by atoms with E-state index in [0.717, 1.165) is 12.2 Å². The van der Waals surface area contributed by atoms with Gasteiger partial charge in [0.05, 0.1) is 0 Å². The molecule has 0 amide bonds. The van der Waals surface area contributed by atoms with E-state index in [1.807, 2.05) is 12.1 Å². The summed E-state index contributed by atoms with van der Waals surface area (Å²) in [7, 11) is 0. The molecular formula is C15H21NO. The Hall–Kier alpha value is -1.18. The van der Waals surface area contributed by atoms with Crippen LogP contribution in [0.3, 0.4) is 0 Å². The number of hydrogen-bond acceptors (Lipinski definition) is 2. The number of carbonyl (C=O) groups excluding carboxylic acids is 1. The largest absolute Gasteiger partial charge is 0.298 e. The van der Waals surface area contributed by atoms with Crippen LogP contribution in [0.1, 0.15) is 67.4 Å². The summed E-state index contributed by atoms with van der Waals surface area (Å²) in [6.45, 7) is 2.27. The molecule has 2 rings (SSSR count). The molecule has 0 N–H and O–H groups in total. The Morgan fingerprint density at radius 3 is 2.59 bits per heavy atom. The minimum atomic E-state index is 0.615. The zero-order valence-electron chi connectivity index (χ0n) is 10.6. The van der Waals surface area contributed by atoms with Crippen molar-refractivity contribution in [3.05, 3.63) is 29.6 Å². The van der Waals surface area contributed by atoms with Crippen LogP contribution in [0.15, 0.2) is 18.3 Å². The minimum absolute atomic E-state index is 0.615. The fourth-order valence-corrected chi connectivity index (χ4v) is 2.88. The van der Waals surface area contributed by atoms with Crippen molar-refractivity contribution in [1.29, 1.82) is 0 Å². The summed E-state index contributed by atoms with van der Waals surface area (Å²) in [6.07, 6.45) is 10.4. The summed E-state index contributed by atoms with van der Waals surface area (Å²) in [5.41, 5.74) is 1.85. The quantitative estimate of drug-likeness (QED) is 0.734. The van der Waals surface area contributed by atoms with E-state index < -0.39 is 0 Å². The molecule has 92 valence electrons. The standard InChI is InChI=1S/C15H21NO/c1-2-3-12-4-7-14(8-5-12)15-9-6-13(11-17)10-16-15/h6,9-12,14H,2-5,7-8H2,1H3/t12-,14-. The van der Waals surface area contributed by atoms with Crippen molar-refractivity contribution in [1.82, 2.24) is 4.98 Å². The second-order valence-electron chi connectivity index (χ2n) is 5.14. The lowest BCUT2D eigenvalue weighted by Crippen LogP contribution is -2.14. The fourth-order valence-electron chi connectivity index (χ4n) is 2.88. The molecule has 2 nitrogen and oxygen atoms in total. The highest BCUT2D eigenvalue weighted by Gasteiger charge is 2.22. The van der Waals surface area contributed by atoms with Crippen molar-refractivity contribution in [3.8, 4) is 0 Å². The van der Waals surface area contributed by atoms with Gasteiger partial charge in [0.2, 0.25) is 0 Å². The number of aldehydes is 1. The van der Waals surface area contributed by atoms with E-state index in [2.05, 4.69) is 11.9 Å². The van der Waals surface area contributed by atoms with Gasteiger partial charge in [-0.25, -0.2) is 0 Å². The second-order valence-corrected chi connectivity index (χ2v) is 5.14. The summed E-state index contributed by atoms with van der Waals surface area (Å²) < 4.78 is 0. The number of carbonyl (C=O) groups is 1. The van der Waals surface area contributed by atoms with Crippen molar-refractivity contribution < 1.29 is 4.79 Å². The fraction of sp³-hybridized carbons (Fsp3) is 0.600. The molecule has 1 saturated carbocycles. The lowest BCUT2D eigenvalue weighted by molar-refractivity contribution is 0.112. The maximum Gasteiger partial charge on any atom is 0.151 e. The monoisotopic (exact) mass is 231 g/mol. The maximum absolute atomic E-state index is 10.6. The molecule has 0 aliphatic heterocycles. The summed E-state index contributed by atoms with van der Waals surface area (Å²) in [5.74, 6) is 1.55. The van der Waals surface area contributed by atoms with Gasteiger partial charge in [-0.2, -0.15) is 0 Å². The summed E-state index contributed by atoms with van der Waals surface area (Å²) >= 11 is 0. The van der Waals surface area contributed by atoms with Gasteiger partial charge in [0.1, 0.15) is 0 Å². The van der Waals surface area contributed by atoms with Gasteiger partial charge < -0.3 is 0 Å². The van der Waals surface area contributed by atoms with Crippen molar-refractivity contribution in [2.45, 2.75) is 51.4 Å². The first kappa shape index (κ1) is 12.3. The van der Waals surface area contributed by atoms with Gasteiger partial charge in [-0.3, -0.25) is 9.78 Å². The van der Waals surface area contributed by atoms with Crippen LogP contribution in [0.5, 0.6) is 0 Å². The van der Waals surface area contributed by atoms with Crippen molar-refractivity contribution in [3.63, 3.8) is 0 Å². The molecule has 1 aliphatic rings. The molecule has 0 unspecified atom stereocenters. The van der Waals surface area contributed by atoms with Crippen LogP contribution in [0.2, 0.25) is 0 Å². The molecule has 1 fully saturated rings. The van der Waals surface area contributed by atoms with E-state index in [-0.39, 0.29) is 0 Å². The first-order valence-corrected chi connectivity index (χ1v) is 6.74. The average molecular weight is 231 g/mol. The van der Waals surface area contributed by atoms with Gasteiger partial charge in [-0.15, -0.1) is 0 Å². The first-order valence-electron chi connectivity index (χ1n) is 6.74. The van der Waals surface area contributed by atoms with Gasteiger partial charge in [0.25, 0.3) is 0 Å². The average Bonchev–Trinajstić information content (AvgIpc) is 2.40. The molecule has 0 saturated heterocycles. The number of rotatable bonds is 4. The Labute approximate surface area is 103 Å². The van der Waals surface area contributed by atoms with E-state index >= 15 is 0 Å². The van der Waals surface area contributed by atoms with Crippen LogP contribution < -0.4 is 0 Å². The molecule has 0 atom stereocenters. The predicted octanol–water partition coefficient (Wildman–Crippen LogP) is 3.97. The highest BCUT2D eigenvalue weighted by atomic mass is 16.1. The van der Waals surface area contributed by atoms with Gasteiger partial charge in [-0.1, -0.05) is 19.8 Å². The third-order valence-corrected chi connectivity index (χ3v) is 3.91. The van der Waals surface area contributed by atoms with Crippen molar-refractivity contribution in [2.75, 3.05) is 0 Å². The topological polar surface area (TPSA) is 30.0 Å². The van der Waals surface area contributed by atoms with Gasteiger partial charge in [0.15, 0.2) is 6.29 Å². The van der Waals surface area contributed by atoms with Gasteiger partial charge >= 0.3 is 0 Å². The predicted molar refractivity (Wildman–Crippen MR) is 69.2 cm³/mol. The van der Waals surface area contributed by atoms with Crippen molar-refractivity contribution in [2.24, 2.45) is 5.92 Å². The van der Waals surface area contributed by atoms with Crippen LogP contribution in [-0.2, 0) is 0 Å². The number of aromatic nitrogens is 1. The van der Waals surface area contributed by atoms with E-state index in [4.69, 9.17) is 0 Å². The van der Waals surface area contributed by atoms with Crippen LogP contribution in [-0.4, -0.2) is 11.3 Å². The van der Waals surface area contributed by atoms with Gasteiger partial charge in [-0.05, 0) is 43.7 Å².